The summed E-state index contributed by atoms with van der Waals surface area (Å²) in [7, 11) is 3.13. The molecule has 0 amide bonds. The van der Waals surface area contributed by atoms with Crippen LogP contribution in [0.4, 0.5) is 11.4 Å². The molecule has 2 aromatic rings. The van der Waals surface area contributed by atoms with Crippen LogP contribution in [0.5, 0.6) is 11.5 Å². The molecular weight excluding hydrogens is 382 g/mol. The molecule has 0 radical (unpaired) electrons. The number of allylic oxidation sites excluding steroid dienone is 1. The Morgan fingerprint density at radius 2 is 1.87 bits per heavy atom. The number of hydrogen-bond acceptors (Lipinski definition) is 6. The molecule has 30 heavy (non-hydrogen) atoms. The second kappa shape index (κ2) is 8.20. The highest BCUT2D eigenvalue weighted by atomic mass is 16.5. The number of nitrogens with one attached hydrogen (secondary N) is 2. The van der Waals surface area contributed by atoms with Gasteiger partial charge in [0.1, 0.15) is 17.3 Å². The topological polar surface area (TPSA) is 94.9 Å². The van der Waals surface area contributed by atoms with E-state index < -0.39 is 6.04 Å². The molecule has 2 aromatic carbocycles. The third-order valence-corrected chi connectivity index (χ3v) is 5.56. The summed E-state index contributed by atoms with van der Waals surface area (Å²) in [6.07, 6.45) is 1.50. The van der Waals surface area contributed by atoms with E-state index in [0.717, 1.165) is 16.9 Å². The van der Waals surface area contributed by atoms with Gasteiger partial charge in [-0.3, -0.25) is 10.2 Å². The van der Waals surface area contributed by atoms with Gasteiger partial charge in [-0.1, -0.05) is 18.2 Å². The number of aliphatic hydroxyl groups is 1. The molecule has 0 spiro atoms. The van der Waals surface area contributed by atoms with Crippen molar-refractivity contribution < 1.29 is 19.4 Å². The molecule has 1 saturated heterocycles. The van der Waals surface area contributed by atoms with Crippen molar-refractivity contribution in [1.29, 1.82) is 5.41 Å². The normalized spacial score (nSPS) is 20.4. The number of benzene rings is 2. The molecule has 2 heterocycles. The van der Waals surface area contributed by atoms with Crippen molar-refractivity contribution in [2.75, 3.05) is 31.0 Å². The minimum Gasteiger partial charge on any atom is -0.497 e. The number of Topliss-reactive ketones (excluding diaryl/α,β-unsaturated/α-hetero) is 1. The molecule has 1 unspecified atom stereocenters. The molecule has 3 N–H and O–H groups in total. The summed E-state index contributed by atoms with van der Waals surface area (Å²) >= 11 is 0. The quantitative estimate of drug-likeness (QED) is 0.637. The number of amidine groups is 1. The van der Waals surface area contributed by atoms with Gasteiger partial charge < -0.3 is 24.8 Å². The number of fused-ring (bicyclic) bond motifs is 1. The summed E-state index contributed by atoms with van der Waals surface area (Å²) in [6, 6.07) is 12.7. The summed E-state index contributed by atoms with van der Waals surface area (Å²) < 4.78 is 10.8. The SMILES string of the molecule is COc1cc(OC)cc(N2C(=N)C(=C3Cc4ccccc4N3)C(=O)C2CCCO)c1. The Hall–Kier alpha value is -3.32. The lowest BCUT2D eigenvalue weighted by molar-refractivity contribution is -0.115. The number of carbonyl (C=O) groups excluding carboxylic acids is 1. The van der Waals surface area contributed by atoms with Gasteiger partial charge >= 0.3 is 0 Å². The van der Waals surface area contributed by atoms with Crippen LogP contribution in [0.1, 0.15) is 18.4 Å². The van der Waals surface area contributed by atoms with Crippen molar-refractivity contribution in [3.63, 3.8) is 0 Å². The number of ether oxygens (including phenoxy) is 2. The van der Waals surface area contributed by atoms with Crippen LogP contribution < -0.4 is 19.7 Å². The van der Waals surface area contributed by atoms with Crippen molar-refractivity contribution in [3.05, 3.63) is 59.3 Å². The van der Waals surface area contributed by atoms with E-state index in [1.165, 1.54) is 0 Å². The lowest BCUT2D eigenvalue weighted by Crippen LogP contribution is -2.35. The lowest BCUT2D eigenvalue weighted by Gasteiger charge is -2.25. The molecule has 0 bridgehead atoms. The van der Waals surface area contributed by atoms with Gasteiger partial charge in [0, 0.05) is 42.6 Å². The van der Waals surface area contributed by atoms with Gasteiger partial charge in [-0.2, -0.15) is 0 Å². The van der Waals surface area contributed by atoms with E-state index in [2.05, 4.69) is 5.32 Å². The molecule has 0 aromatic heterocycles. The minimum atomic E-state index is -0.561. The Labute approximate surface area is 175 Å². The standard InChI is InChI=1S/C23H25N3O4/c1-29-16-11-15(12-17(13-16)30-2)26-20(8-5-9-27)22(28)21(23(26)24)19-10-14-6-3-4-7-18(14)25-19/h3-4,6-7,11-13,20,24-25,27H,5,8-10H2,1-2H3. The largest absolute Gasteiger partial charge is 0.497 e. The van der Waals surface area contributed by atoms with E-state index in [1.54, 1.807) is 37.3 Å². The second-order valence-corrected chi connectivity index (χ2v) is 7.35. The van der Waals surface area contributed by atoms with E-state index in [-0.39, 0.29) is 18.2 Å². The first kappa shape index (κ1) is 20.0. The van der Waals surface area contributed by atoms with E-state index >= 15 is 0 Å². The molecule has 2 aliphatic rings. The number of hydrogen-bond donors (Lipinski definition) is 3. The third kappa shape index (κ3) is 3.41. The molecule has 2 aliphatic heterocycles. The number of rotatable bonds is 6. The van der Waals surface area contributed by atoms with Gasteiger partial charge in [-0.15, -0.1) is 0 Å². The van der Waals surface area contributed by atoms with E-state index in [9.17, 15) is 9.90 Å². The maximum absolute atomic E-state index is 13.4. The van der Waals surface area contributed by atoms with Crippen LogP contribution in [0.2, 0.25) is 0 Å². The van der Waals surface area contributed by atoms with E-state index in [4.69, 9.17) is 14.9 Å². The van der Waals surface area contributed by atoms with E-state index in [1.807, 2.05) is 24.3 Å². The number of ketones is 1. The number of carbonyl (C=O) groups is 1. The second-order valence-electron chi connectivity index (χ2n) is 7.35. The fourth-order valence-electron chi connectivity index (χ4n) is 4.10. The minimum absolute atomic E-state index is 0.0119. The number of aliphatic hydroxyl groups excluding tert-OH is 1. The number of nitrogens with zero attached hydrogens (tertiary/aromatic N) is 1. The van der Waals surface area contributed by atoms with Crippen LogP contribution >= 0.6 is 0 Å². The van der Waals surface area contributed by atoms with Crippen molar-refractivity contribution in [2.24, 2.45) is 0 Å². The monoisotopic (exact) mass is 407 g/mol. The predicted octanol–water partition coefficient (Wildman–Crippen LogP) is 3.13. The maximum atomic E-state index is 13.4. The Bertz CT molecular complexity index is 982. The Morgan fingerprint density at radius 3 is 2.50 bits per heavy atom. The zero-order valence-corrected chi connectivity index (χ0v) is 17.1. The van der Waals surface area contributed by atoms with E-state index in [0.29, 0.717) is 42.0 Å². The Balaban J connectivity index is 1.78. The summed E-state index contributed by atoms with van der Waals surface area (Å²) in [5.41, 5.74) is 3.87. The Morgan fingerprint density at radius 1 is 1.17 bits per heavy atom. The van der Waals surface area contributed by atoms with Gasteiger partial charge in [0.15, 0.2) is 5.78 Å². The van der Waals surface area contributed by atoms with Crippen LogP contribution in [0.3, 0.4) is 0 Å². The number of para-hydroxylation sites is 1. The summed E-state index contributed by atoms with van der Waals surface area (Å²) in [5, 5.41) is 21.6. The molecule has 4 rings (SSSR count). The molecule has 0 saturated carbocycles. The van der Waals surface area contributed by atoms with Crippen LogP contribution in [-0.2, 0) is 11.2 Å². The van der Waals surface area contributed by atoms with Crippen molar-refractivity contribution >= 4 is 23.0 Å². The van der Waals surface area contributed by atoms with Gasteiger partial charge in [-0.25, -0.2) is 0 Å². The maximum Gasteiger partial charge on any atom is 0.191 e. The molecule has 1 atom stereocenters. The molecule has 7 heteroatoms. The summed E-state index contributed by atoms with van der Waals surface area (Å²) in [5.74, 6) is 1.20. The fraction of sp³-hybridized carbons (Fsp3) is 0.304. The molecule has 0 aliphatic carbocycles. The summed E-state index contributed by atoms with van der Waals surface area (Å²) in [6.45, 7) is -0.0119. The molecule has 7 nitrogen and oxygen atoms in total. The van der Waals surface area contributed by atoms with Crippen LogP contribution in [-0.4, -0.2) is 43.6 Å². The van der Waals surface area contributed by atoms with Crippen LogP contribution in [0.15, 0.2) is 53.7 Å². The number of methoxy groups -OCH3 is 2. The molecule has 1 fully saturated rings. The van der Waals surface area contributed by atoms with Gasteiger partial charge in [-0.05, 0) is 24.5 Å². The molecular formula is C23H25N3O4. The van der Waals surface area contributed by atoms with Gasteiger partial charge in [0.05, 0.1) is 31.5 Å². The first-order chi connectivity index (χ1) is 14.6. The highest BCUT2D eigenvalue weighted by molar-refractivity contribution is 6.35. The van der Waals surface area contributed by atoms with Crippen LogP contribution in [0.25, 0.3) is 0 Å². The fourth-order valence-corrected chi connectivity index (χ4v) is 4.10. The van der Waals surface area contributed by atoms with Crippen LogP contribution in [0, 0.1) is 5.41 Å². The average Bonchev–Trinajstić information content (AvgIpc) is 3.29. The average molecular weight is 407 g/mol. The first-order valence-electron chi connectivity index (χ1n) is 9.91. The first-order valence-corrected chi connectivity index (χ1v) is 9.91. The third-order valence-electron chi connectivity index (χ3n) is 5.56. The van der Waals surface area contributed by atoms with Gasteiger partial charge in [0.25, 0.3) is 0 Å². The van der Waals surface area contributed by atoms with Crippen molar-refractivity contribution in [2.45, 2.75) is 25.3 Å². The predicted molar refractivity (Wildman–Crippen MR) is 116 cm³/mol. The Kier molecular flexibility index (Phi) is 5.46. The zero-order valence-electron chi connectivity index (χ0n) is 17.1. The lowest BCUT2D eigenvalue weighted by atomic mass is 10.0. The highest BCUT2D eigenvalue weighted by Gasteiger charge is 2.43. The highest BCUT2D eigenvalue weighted by Crippen LogP contribution is 2.38. The van der Waals surface area contributed by atoms with Gasteiger partial charge in [0.2, 0.25) is 0 Å². The number of anilines is 2. The van der Waals surface area contributed by atoms with Crippen molar-refractivity contribution in [3.8, 4) is 11.5 Å². The summed E-state index contributed by atoms with van der Waals surface area (Å²) in [4.78, 5) is 15.1. The van der Waals surface area contributed by atoms with Crippen molar-refractivity contribution in [1.82, 2.24) is 0 Å². The molecule has 156 valence electrons. The zero-order chi connectivity index (χ0) is 21.3. The smallest absolute Gasteiger partial charge is 0.191 e.